The molecule has 2 N–H and O–H groups in total. The highest BCUT2D eigenvalue weighted by atomic mass is 16.6. The van der Waals surface area contributed by atoms with E-state index in [9.17, 15) is 24.6 Å². The van der Waals surface area contributed by atoms with E-state index >= 15 is 0 Å². The summed E-state index contributed by atoms with van der Waals surface area (Å²) in [5.74, 6) is -0.986. The lowest BCUT2D eigenvalue weighted by Crippen LogP contribution is -2.64. The predicted octanol–water partition coefficient (Wildman–Crippen LogP) is 3.54. The minimum Gasteiger partial charge on any atom is -0.450 e. The zero-order valence-electron chi connectivity index (χ0n) is 20.3. The first kappa shape index (κ1) is 24.3. The summed E-state index contributed by atoms with van der Waals surface area (Å²) in [5.41, 5.74) is -1.52. The van der Waals surface area contributed by atoms with Gasteiger partial charge in [0, 0.05) is 29.1 Å². The van der Waals surface area contributed by atoms with E-state index in [-0.39, 0.29) is 35.9 Å². The van der Waals surface area contributed by atoms with E-state index in [1.807, 2.05) is 26.8 Å². The van der Waals surface area contributed by atoms with Gasteiger partial charge in [-0.1, -0.05) is 45.8 Å². The lowest BCUT2D eigenvalue weighted by atomic mass is 9.46. The van der Waals surface area contributed by atoms with Crippen LogP contribution in [0.2, 0.25) is 0 Å². The van der Waals surface area contributed by atoms with E-state index in [2.05, 4.69) is 6.92 Å². The number of allylic oxidation sites excluding steroid dienone is 4. The number of hydrogen-bond donors (Lipinski definition) is 2. The normalized spacial score (nSPS) is 43.9. The predicted molar refractivity (Wildman–Crippen MR) is 123 cm³/mol. The van der Waals surface area contributed by atoms with Gasteiger partial charge in [0.1, 0.15) is 6.61 Å². The first-order valence-electron chi connectivity index (χ1n) is 12.5. The SMILES string of the molecule is CCCCC(=O)O[C@]1(C(=O)CO)C(C)C[C@H]2[C@@H]3CCC4=CC(=O)C=C[C@]4(C)[C@H]3C(O)C[C@@]21C. The van der Waals surface area contributed by atoms with Crippen LogP contribution in [-0.2, 0) is 19.1 Å². The summed E-state index contributed by atoms with van der Waals surface area (Å²) in [6, 6.07) is 0. The molecule has 33 heavy (non-hydrogen) atoms. The summed E-state index contributed by atoms with van der Waals surface area (Å²) >= 11 is 0. The van der Waals surface area contributed by atoms with Crippen LogP contribution in [0.1, 0.15) is 72.6 Å². The molecule has 4 rings (SSSR count). The van der Waals surface area contributed by atoms with Gasteiger partial charge in [0.15, 0.2) is 11.4 Å². The van der Waals surface area contributed by atoms with Gasteiger partial charge in [0.25, 0.3) is 0 Å². The summed E-state index contributed by atoms with van der Waals surface area (Å²) in [6.45, 7) is 7.34. The van der Waals surface area contributed by atoms with Gasteiger partial charge in [-0.05, 0) is 56.1 Å². The largest absolute Gasteiger partial charge is 0.450 e. The topological polar surface area (TPSA) is 101 Å². The number of fused-ring (bicyclic) bond motifs is 5. The number of aliphatic hydroxyl groups is 2. The van der Waals surface area contributed by atoms with Gasteiger partial charge in [-0.25, -0.2) is 0 Å². The molecule has 4 aliphatic rings. The lowest BCUT2D eigenvalue weighted by molar-refractivity contribution is -0.205. The monoisotopic (exact) mass is 458 g/mol. The zero-order valence-corrected chi connectivity index (χ0v) is 20.3. The number of ether oxygens (including phenoxy) is 1. The van der Waals surface area contributed by atoms with Crippen molar-refractivity contribution in [2.75, 3.05) is 6.61 Å². The molecule has 0 radical (unpaired) electrons. The fraction of sp³-hybridized carbons (Fsp3) is 0.741. The smallest absolute Gasteiger partial charge is 0.306 e. The number of unbranched alkanes of at least 4 members (excludes halogenated alkanes) is 1. The molecule has 8 atom stereocenters. The summed E-state index contributed by atoms with van der Waals surface area (Å²) in [4.78, 5) is 38.2. The van der Waals surface area contributed by atoms with Gasteiger partial charge < -0.3 is 14.9 Å². The third-order valence-electron chi connectivity index (χ3n) is 9.60. The third kappa shape index (κ3) is 3.39. The number of ketones is 2. The lowest BCUT2D eigenvalue weighted by Gasteiger charge is -2.60. The van der Waals surface area contributed by atoms with Crippen LogP contribution in [0, 0.1) is 34.5 Å². The number of rotatable bonds is 6. The van der Waals surface area contributed by atoms with Crippen molar-refractivity contribution in [2.24, 2.45) is 34.5 Å². The Bertz CT molecular complexity index is 904. The summed E-state index contributed by atoms with van der Waals surface area (Å²) in [5, 5.41) is 21.5. The molecule has 0 saturated heterocycles. The van der Waals surface area contributed by atoms with Crippen molar-refractivity contribution in [2.45, 2.75) is 84.3 Å². The summed E-state index contributed by atoms with van der Waals surface area (Å²) in [6.07, 6.45) is 8.97. The summed E-state index contributed by atoms with van der Waals surface area (Å²) in [7, 11) is 0. The first-order valence-corrected chi connectivity index (χ1v) is 12.5. The van der Waals surface area contributed by atoms with Gasteiger partial charge in [-0.3, -0.25) is 14.4 Å². The van der Waals surface area contributed by atoms with Crippen molar-refractivity contribution in [3.63, 3.8) is 0 Å². The Kier molecular flexibility index (Phi) is 6.24. The van der Waals surface area contributed by atoms with Crippen LogP contribution in [0.5, 0.6) is 0 Å². The Morgan fingerprint density at radius 3 is 2.67 bits per heavy atom. The van der Waals surface area contributed by atoms with Crippen LogP contribution in [0.4, 0.5) is 0 Å². The molecule has 0 aromatic rings. The molecule has 0 aromatic carbocycles. The second-order valence-electron chi connectivity index (χ2n) is 11.2. The van der Waals surface area contributed by atoms with Crippen molar-refractivity contribution in [1.82, 2.24) is 0 Å². The molecule has 6 heteroatoms. The molecule has 6 nitrogen and oxygen atoms in total. The van der Waals surface area contributed by atoms with Crippen LogP contribution in [0.3, 0.4) is 0 Å². The average Bonchev–Trinajstić information content (AvgIpc) is 2.99. The second kappa shape index (κ2) is 8.46. The maximum Gasteiger partial charge on any atom is 0.306 e. The highest BCUT2D eigenvalue weighted by molar-refractivity contribution is 6.01. The number of carbonyl (C=O) groups excluding carboxylic acids is 3. The van der Waals surface area contributed by atoms with Crippen LogP contribution in [0.25, 0.3) is 0 Å². The number of Topliss-reactive ketones (excluding diaryl/α,β-unsaturated/α-hetero) is 1. The number of aliphatic hydroxyl groups excluding tert-OH is 2. The molecule has 0 amide bonds. The van der Waals surface area contributed by atoms with Crippen LogP contribution < -0.4 is 0 Å². The minimum atomic E-state index is -1.43. The highest BCUT2D eigenvalue weighted by Crippen LogP contribution is 2.69. The van der Waals surface area contributed by atoms with Crippen molar-refractivity contribution in [1.29, 1.82) is 0 Å². The molecule has 0 heterocycles. The van der Waals surface area contributed by atoms with Gasteiger partial charge in [-0.15, -0.1) is 0 Å². The van der Waals surface area contributed by atoms with Crippen molar-refractivity contribution >= 4 is 17.5 Å². The first-order chi connectivity index (χ1) is 15.5. The molecule has 2 unspecified atom stereocenters. The van der Waals surface area contributed by atoms with Crippen molar-refractivity contribution < 1.29 is 29.3 Å². The van der Waals surface area contributed by atoms with E-state index in [1.54, 1.807) is 12.2 Å². The van der Waals surface area contributed by atoms with E-state index in [1.165, 1.54) is 0 Å². The van der Waals surface area contributed by atoms with Crippen LogP contribution in [0.15, 0.2) is 23.8 Å². The molecule has 0 bridgehead atoms. The van der Waals surface area contributed by atoms with Gasteiger partial charge in [-0.2, -0.15) is 0 Å². The van der Waals surface area contributed by atoms with E-state index in [4.69, 9.17) is 4.74 Å². The maximum absolute atomic E-state index is 13.3. The molecular weight excluding hydrogens is 420 g/mol. The minimum absolute atomic E-state index is 0.00268. The fourth-order valence-electron chi connectivity index (χ4n) is 8.18. The maximum atomic E-state index is 13.3. The number of esters is 1. The molecule has 0 aliphatic heterocycles. The van der Waals surface area contributed by atoms with Crippen LogP contribution in [-0.4, -0.2) is 46.1 Å². The highest BCUT2D eigenvalue weighted by Gasteiger charge is 2.72. The fourth-order valence-corrected chi connectivity index (χ4v) is 8.18. The molecule has 0 aromatic heterocycles. The Balaban J connectivity index is 1.75. The van der Waals surface area contributed by atoms with E-state index < -0.39 is 40.9 Å². The van der Waals surface area contributed by atoms with E-state index in [0.29, 0.717) is 19.3 Å². The Morgan fingerprint density at radius 1 is 1.27 bits per heavy atom. The second-order valence-corrected chi connectivity index (χ2v) is 11.2. The van der Waals surface area contributed by atoms with Gasteiger partial charge >= 0.3 is 5.97 Å². The summed E-state index contributed by atoms with van der Waals surface area (Å²) < 4.78 is 6.08. The molecule has 0 spiro atoms. The van der Waals surface area contributed by atoms with Gasteiger partial charge in [0.05, 0.1) is 6.10 Å². The Morgan fingerprint density at radius 2 is 2.00 bits per heavy atom. The standard InChI is InChI=1S/C27H38O6/c1-5-6-7-23(32)33-27(22(31)15-28)16(2)12-20-19-9-8-17-13-18(29)10-11-25(17,3)24(19)21(30)14-26(20,27)4/h10-11,13,16,19-21,24,28,30H,5-9,12,14-15H2,1-4H3/t16?,19-,20-,21?,24+,25-,26-,27-/m0/s1. The molecular formula is C27H38O6. The van der Waals surface area contributed by atoms with Crippen LogP contribution >= 0.6 is 0 Å². The number of carbonyl (C=O) groups is 3. The molecule has 4 aliphatic carbocycles. The Hall–Kier alpha value is -1.79. The van der Waals surface area contributed by atoms with Crippen molar-refractivity contribution in [3.05, 3.63) is 23.8 Å². The zero-order chi connectivity index (χ0) is 24.2. The number of hydrogen-bond acceptors (Lipinski definition) is 6. The third-order valence-corrected chi connectivity index (χ3v) is 9.60. The van der Waals surface area contributed by atoms with Crippen molar-refractivity contribution in [3.8, 4) is 0 Å². The molecule has 3 saturated carbocycles. The molecule has 182 valence electrons. The Labute approximate surface area is 196 Å². The molecule has 3 fully saturated rings. The quantitative estimate of drug-likeness (QED) is 0.591. The van der Waals surface area contributed by atoms with E-state index in [0.717, 1.165) is 24.8 Å². The van der Waals surface area contributed by atoms with Gasteiger partial charge in [0.2, 0.25) is 5.78 Å². The average molecular weight is 459 g/mol.